The Morgan fingerprint density at radius 3 is 2.56 bits per heavy atom. The van der Waals surface area contributed by atoms with E-state index in [0.717, 1.165) is 13.1 Å². The third-order valence-electron chi connectivity index (χ3n) is 3.46. The molecular formula is C13H24N2O3. The molecule has 1 aliphatic rings. The quantitative estimate of drug-likeness (QED) is 0.816. The summed E-state index contributed by atoms with van der Waals surface area (Å²) in [6, 6.07) is -0.132. The predicted octanol–water partition coefficient (Wildman–Crippen LogP) is 1.04. The summed E-state index contributed by atoms with van der Waals surface area (Å²) in [5, 5.41) is 8.77. The van der Waals surface area contributed by atoms with Crippen molar-refractivity contribution in [2.45, 2.75) is 45.7 Å². The van der Waals surface area contributed by atoms with Crippen LogP contribution in [-0.2, 0) is 9.59 Å². The van der Waals surface area contributed by atoms with Crippen LogP contribution in [0.15, 0.2) is 0 Å². The molecule has 0 radical (unpaired) electrons. The maximum atomic E-state index is 12.4. The lowest BCUT2D eigenvalue weighted by Crippen LogP contribution is -2.47. The monoisotopic (exact) mass is 256 g/mol. The molecule has 0 aliphatic carbocycles. The van der Waals surface area contributed by atoms with Crippen molar-refractivity contribution in [3.8, 4) is 0 Å². The van der Waals surface area contributed by atoms with Gasteiger partial charge < -0.3 is 10.0 Å². The maximum Gasteiger partial charge on any atom is 0.303 e. The van der Waals surface area contributed by atoms with Crippen molar-refractivity contribution in [3.63, 3.8) is 0 Å². The number of carbonyl (C=O) groups is 2. The van der Waals surface area contributed by atoms with Gasteiger partial charge in [0.05, 0.1) is 6.04 Å². The number of aliphatic carboxylic acids is 1. The second-order valence-corrected chi connectivity index (χ2v) is 5.58. The van der Waals surface area contributed by atoms with Crippen LogP contribution in [0.5, 0.6) is 0 Å². The van der Waals surface area contributed by atoms with E-state index in [9.17, 15) is 9.59 Å². The highest BCUT2D eigenvalue weighted by Crippen LogP contribution is 2.19. The van der Waals surface area contributed by atoms with Crippen LogP contribution >= 0.6 is 0 Å². The molecule has 0 aromatic carbocycles. The minimum Gasteiger partial charge on any atom is -0.481 e. The summed E-state index contributed by atoms with van der Waals surface area (Å²) in [5.41, 5.74) is 0. The molecule has 1 saturated heterocycles. The highest BCUT2D eigenvalue weighted by atomic mass is 16.4. The van der Waals surface area contributed by atoms with Crippen molar-refractivity contribution in [1.29, 1.82) is 0 Å². The molecule has 0 aromatic rings. The lowest BCUT2D eigenvalue weighted by molar-refractivity contribution is -0.139. The third-order valence-corrected chi connectivity index (χ3v) is 3.46. The number of amides is 1. The predicted molar refractivity (Wildman–Crippen MR) is 69.3 cm³/mol. The molecule has 18 heavy (non-hydrogen) atoms. The van der Waals surface area contributed by atoms with Crippen LogP contribution in [0.2, 0.25) is 0 Å². The Hall–Kier alpha value is -1.10. The van der Waals surface area contributed by atoms with Gasteiger partial charge in [0.25, 0.3) is 0 Å². The molecule has 1 rings (SSSR count). The highest BCUT2D eigenvalue weighted by molar-refractivity contribution is 5.83. The van der Waals surface area contributed by atoms with Crippen molar-refractivity contribution in [2.75, 3.05) is 20.1 Å². The molecule has 5 nitrogen and oxygen atoms in total. The van der Waals surface area contributed by atoms with Gasteiger partial charge in [-0.15, -0.1) is 0 Å². The highest BCUT2D eigenvalue weighted by Gasteiger charge is 2.34. The molecule has 0 spiro atoms. The van der Waals surface area contributed by atoms with Gasteiger partial charge in [0.1, 0.15) is 0 Å². The molecule has 1 amide bonds. The van der Waals surface area contributed by atoms with Gasteiger partial charge >= 0.3 is 5.97 Å². The fourth-order valence-electron chi connectivity index (χ4n) is 2.55. The Kier molecular flexibility index (Phi) is 5.14. The maximum absolute atomic E-state index is 12.4. The molecule has 0 aromatic heterocycles. The van der Waals surface area contributed by atoms with Gasteiger partial charge in [-0.05, 0) is 33.2 Å². The molecule has 1 fully saturated rings. The average Bonchev–Trinajstić information content (AvgIpc) is 2.34. The summed E-state index contributed by atoms with van der Waals surface area (Å²) in [6.45, 7) is 7.72. The first kappa shape index (κ1) is 15.0. The van der Waals surface area contributed by atoms with Gasteiger partial charge in [-0.25, -0.2) is 0 Å². The van der Waals surface area contributed by atoms with Crippen LogP contribution in [-0.4, -0.2) is 59.0 Å². The number of rotatable bonds is 4. The van der Waals surface area contributed by atoms with E-state index in [4.69, 9.17) is 5.11 Å². The molecule has 5 heteroatoms. The molecule has 1 aliphatic heterocycles. The second-order valence-electron chi connectivity index (χ2n) is 5.58. The van der Waals surface area contributed by atoms with Crippen molar-refractivity contribution in [2.24, 2.45) is 5.92 Å². The molecular weight excluding hydrogens is 232 g/mol. The number of hydrogen-bond donors (Lipinski definition) is 1. The molecule has 1 heterocycles. The standard InChI is InChI=1S/C13H24N2O3/c1-9(2)15-8-10(3)7-14(4)11(13(15)18)5-6-12(16)17/h9-11H,5-8H2,1-4H3,(H,16,17). The van der Waals surface area contributed by atoms with Crippen molar-refractivity contribution < 1.29 is 14.7 Å². The summed E-state index contributed by atoms with van der Waals surface area (Å²) in [4.78, 5) is 27.0. The van der Waals surface area contributed by atoms with Crippen LogP contribution < -0.4 is 0 Å². The first-order valence-electron chi connectivity index (χ1n) is 6.55. The van der Waals surface area contributed by atoms with Crippen LogP contribution in [0.25, 0.3) is 0 Å². The summed E-state index contributed by atoms with van der Waals surface area (Å²) < 4.78 is 0. The Balaban J connectivity index is 2.83. The second kappa shape index (κ2) is 6.18. The molecule has 2 atom stereocenters. The van der Waals surface area contributed by atoms with E-state index in [2.05, 4.69) is 6.92 Å². The molecule has 0 bridgehead atoms. The minimum absolute atomic E-state index is 0.0427. The van der Waals surface area contributed by atoms with E-state index in [1.165, 1.54) is 0 Å². The number of likely N-dealkylation sites (N-methyl/N-ethyl adjacent to an activating group) is 1. The van der Waals surface area contributed by atoms with Gasteiger partial charge in [0, 0.05) is 25.6 Å². The SMILES string of the molecule is CC1CN(C)C(CCC(=O)O)C(=O)N(C(C)C)C1. The number of hydrogen-bond acceptors (Lipinski definition) is 3. The lowest BCUT2D eigenvalue weighted by atomic mass is 10.1. The number of carboxylic acids is 1. The molecule has 104 valence electrons. The Morgan fingerprint density at radius 1 is 1.44 bits per heavy atom. The van der Waals surface area contributed by atoms with E-state index in [0.29, 0.717) is 12.3 Å². The summed E-state index contributed by atoms with van der Waals surface area (Å²) in [7, 11) is 1.91. The Labute approximate surface area is 109 Å². The fraction of sp³-hybridized carbons (Fsp3) is 0.846. The summed E-state index contributed by atoms with van der Waals surface area (Å²) in [6.07, 6.45) is 0.432. The lowest BCUT2D eigenvalue weighted by Gasteiger charge is -2.30. The van der Waals surface area contributed by atoms with Crippen molar-refractivity contribution >= 4 is 11.9 Å². The molecule has 1 N–H and O–H groups in total. The largest absolute Gasteiger partial charge is 0.481 e. The Morgan fingerprint density at radius 2 is 2.06 bits per heavy atom. The molecule has 2 unspecified atom stereocenters. The number of carboxylic acid groups (broad SMARTS) is 1. The first-order valence-corrected chi connectivity index (χ1v) is 6.55. The summed E-state index contributed by atoms with van der Waals surface area (Å²) >= 11 is 0. The van der Waals surface area contributed by atoms with Crippen LogP contribution in [0.1, 0.15) is 33.6 Å². The fourth-order valence-corrected chi connectivity index (χ4v) is 2.55. The zero-order chi connectivity index (χ0) is 13.9. The summed E-state index contributed by atoms with van der Waals surface area (Å²) in [5.74, 6) is -0.362. The van der Waals surface area contributed by atoms with Crippen LogP contribution in [0.4, 0.5) is 0 Å². The van der Waals surface area contributed by atoms with Gasteiger partial charge in [-0.3, -0.25) is 14.5 Å². The third kappa shape index (κ3) is 3.70. The molecule has 0 saturated carbocycles. The van der Waals surface area contributed by atoms with Gasteiger partial charge in [-0.1, -0.05) is 6.92 Å². The topological polar surface area (TPSA) is 60.9 Å². The van der Waals surface area contributed by atoms with E-state index in [-0.39, 0.29) is 24.4 Å². The zero-order valence-electron chi connectivity index (χ0n) is 11.7. The van der Waals surface area contributed by atoms with Gasteiger partial charge in [0.2, 0.25) is 5.91 Å². The van der Waals surface area contributed by atoms with E-state index in [1.807, 2.05) is 30.7 Å². The normalized spacial score (nSPS) is 26.5. The van der Waals surface area contributed by atoms with Crippen molar-refractivity contribution in [3.05, 3.63) is 0 Å². The van der Waals surface area contributed by atoms with Gasteiger partial charge in [0.15, 0.2) is 0 Å². The minimum atomic E-state index is -0.843. The smallest absolute Gasteiger partial charge is 0.303 e. The average molecular weight is 256 g/mol. The first-order chi connectivity index (χ1) is 8.32. The van der Waals surface area contributed by atoms with Crippen molar-refractivity contribution in [1.82, 2.24) is 9.80 Å². The van der Waals surface area contributed by atoms with Crippen LogP contribution in [0.3, 0.4) is 0 Å². The number of nitrogens with zero attached hydrogens (tertiary/aromatic N) is 2. The Bertz CT molecular complexity index is 317. The van der Waals surface area contributed by atoms with E-state index >= 15 is 0 Å². The number of carbonyl (C=O) groups excluding carboxylic acids is 1. The van der Waals surface area contributed by atoms with E-state index in [1.54, 1.807) is 0 Å². The van der Waals surface area contributed by atoms with E-state index < -0.39 is 5.97 Å². The van der Waals surface area contributed by atoms with Gasteiger partial charge in [-0.2, -0.15) is 0 Å². The van der Waals surface area contributed by atoms with Crippen LogP contribution in [0, 0.1) is 5.92 Å². The zero-order valence-corrected chi connectivity index (χ0v) is 11.7.